The highest BCUT2D eigenvalue weighted by Gasteiger charge is 2.63. The largest absolute Gasteiger partial charge is 0.489 e. The van der Waals surface area contributed by atoms with Crippen molar-refractivity contribution < 1.29 is 36.1 Å². The molecule has 1 atom stereocenters. The number of urea groups is 1. The van der Waals surface area contributed by atoms with Gasteiger partial charge in [0.25, 0.3) is 0 Å². The number of amidine groups is 1. The molecule has 1 aromatic rings. The molecule has 0 saturated heterocycles. The highest BCUT2D eigenvalue weighted by atomic mass is 32.1. The monoisotopic (exact) mass is 431 g/mol. The van der Waals surface area contributed by atoms with Crippen molar-refractivity contribution in [2.75, 3.05) is 13.1 Å². The van der Waals surface area contributed by atoms with Gasteiger partial charge in [0.1, 0.15) is 0 Å². The van der Waals surface area contributed by atoms with Gasteiger partial charge in [-0.2, -0.15) is 31.3 Å². The summed E-state index contributed by atoms with van der Waals surface area (Å²) in [7, 11) is 0. The molecule has 0 saturated carbocycles. The first-order valence-electron chi connectivity index (χ1n) is 7.67. The first-order valence-corrected chi connectivity index (χ1v) is 8.07. The van der Waals surface area contributed by atoms with Gasteiger partial charge in [0.2, 0.25) is 5.69 Å². The number of benzene rings is 1. The summed E-state index contributed by atoms with van der Waals surface area (Å²) in [4.78, 5) is 26.7. The van der Waals surface area contributed by atoms with E-state index in [2.05, 4.69) is 17.8 Å². The Morgan fingerprint density at radius 3 is 2.11 bits per heavy atom. The van der Waals surface area contributed by atoms with Gasteiger partial charge in [-0.1, -0.05) is 3.89 Å². The Morgan fingerprint density at radius 2 is 1.71 bits per heavy atom. The molecule has 28 heavy (non-hydrogen) atoms. The highest BCUT2D eigenvalue weighted by Crippen LogP contribution is 2.53. The minimum atomic E-state index is -5.30. The van der Waals surface area contributed by atoms with E-state index in [4.69, 9.17) is 0 Å². The van der Waals surface area contributed by atoms with E-state index in [1.54, 1.807) is 0 Å². The maximum atomic E-state index is 13.6. The summed E-state index contributed by atoms with van der Waals surface area (Å²) in [6, 6.07) is -1.04. The Balaban J connectivity index is 2.91. The van der Waals surface area contributed by atoms with Crippen molar-refractivity contribution in [2.24, 2.45) is 4.99 Å². The number of hydrogen-bond acceptors (Lipinski definition) is 5. The number of rotatable bonds is 3. The maximum Gasteiger partial charge on any atom is 0.489 e. The Hall–Kier alpha value is -2.35. The molecule has 7 nitrogen and oxygen atoms in total. The quantitative estimate of drug-likeness (QED) is 0.245. The van der Waals surface area contributed by atoms with Crippen LogP contribution in [-0.2, 0) is 6.18 Å². The average molecular weight is 431 g/mol. The van der Waals surface area contributed by atoms with E-state index < -0.39 is 55.7 Å². The SMILES string of the molecule is CCN(CC)C(=O)[N+]1(S)C(C(F)(F)F)=Nc2c([N+](=O)[O-])cc(C(F)(F)F)cc21. The molecular formula is C14H13F6N4O3S+. The van der Waals surface area contributed by atoms with Gasteiger partial charge in [-0.3, -0.25) is 15.0 Å². The second kappa shape index (κ2) is 6.92. The molecule has 1 aliphatic rings. The van der Waals surface area contributed by atoms with Crippen LogP contribution in [0.15, 0.2) is 17.1 Å². The molecule has 0 aromatic heterocycles. The Bertz CT molecular complexity index is 866. The number of fused-ring (bicyclic) bond motifs is 1. The second-order valence-electron chi connectivity index (χ2n) is 5.64. The molecule has 14 heteroatoms. The first-order chi connectivity index (χ1) is 12.7. The summed E-state index contributed by atoms with van der Waals surface area (Å²) in [5, 5.41) is 11.2. The van der Waals surface area contributed by atoms with Gasteiger partial charge in [-0.05, 0) is 13.8 Å². The van der Waals surface area contributed by atoms with Crippen molar-refractivity contribution in [1.29, 1.82) is 0 Å². The number of hydrogen-bond donors (Lipinski definition) is 1. The fraction of sp³-hybridized carbons (Fsp3) is 0.429. The molecule has 0 radical (unpaired) electrons. The molecule has 154 valence electrons. The fourth-order valence-electron chi connectivity index (χ4n) is 2.70. The second-order valence-corrected chi connectivity index (χ2v) is 6.24. The van der Waals surface area contributed by atoms with Gasteiger partial charge in [0.15, 0.2) is 5.69 Å². The van der Waals surface area contributed by atoms with E-state index in [9.17, 15) is 41.3 Å². The fourth-order valence-corrected chi connectivity index (χ4v) is 3.14. The molecule has 0 fully saturated rings. The first kappa shape index (κ1) is 21.9. The van der Waals surface area contributed by atoms with E-state index in [1.165, 1.54) is 13.8 Å². The molecule has 2 amide bonds. The van der Waals surface area contributed by atoms with E-state index in [-0.39, 0.29) is 25.2 Å². The van der Waals surface area contributed by atoms with Crippen LogP contribution in [0.2, 0.25) is 0 Å². The van der Waals surface area contributed by atoms with Crippen molar-refractivity contribution in [3.63, 3.8) is 0 Å². The number of quaternary nitrogens is 1. The number of nitro benzene ring substituents is 1. The Kier molecular flexibility index (Phi) is 5.42. The minimum absolute atomic E-state index is 0.0711. The van der Waals surface area contributed by atoms with Crippen LogP contribution in [-0.4, -0.2) is 41.0 Å². The lowest BCUT2D eigenvalue weighted by Crippen LogP contribution is -2.59. The third kappa shape index (κ3) is 3.41. The number of carbonyl (C=O) groups excluding carboxylic acids is 1. The molecule has 1 aliphatic heterocycles. The van der Waals surface area contributed by atoms with Gasteiger partial charge < -0.3 is 0 Å². The van der Waals surface area contributed by atoms with Crippen LogP contribution in [0, 0.1) is 10.1 Å². The topological polar surface area (TPSA) is 75.8 Å². The molecule has 2 rings (SSSR count). The highest BCUT2D eigenvalue weighted by molar-refractivity contribution is 7.81. The number of aliphatic imine (C=N–C) groups is 1. The zero-order chi connectivity index (χ0) is 21.7. The van der Waals surface area contributed by atoms with Crippen LogP contribution in [0.25, 0.3) is 0 Å². The van der Waals surface area contributed by atoms with Gasteiger partial charge in [-0.15, -0.1) is 0 Å². The number of nitrogens with zero attached hydrogens (tertiary/aromatic N) is 4. The van der Waals surface area contributed by atoms with Gasteiger partial charge >= 0.3 is 29.9 Å². The predicted octanol–water partition coefficient (Wildman–Crippen LogP) is 4.83. The number of nitro groups is 1. The summed E-state index contributed by atoms with van der Waals surface area (Å²) in [5.74, 6) is -1.88. The predicted molar refractivity (Wildman–Crippen MR) is 90.3 cm³/mol. The normalized spacial score (nSPS) is 19.2. The molecule has 0 N–H and O–H groups in total. The van der Waals surface area contributed by atoms with Crippen molar-refractivity contribution in [2.45, 2.75) is 26.2 Å². The minimum Gasteiger partial charge on any atom is -0.291 e. The zero-order valence-electron chi connectivity index (χ0n) is 14.3. The van der Waals surface area contributed by atoms with Crippen LogP contribution in [0.5, 0.6) is 0 Å². The molecule has 1 heterocycles. The van der Waals surface area contributed by atoms with Gasteiger partial charge in [0.05, 0.1) is 23.3 Å². The molecule has 1 aromatic carbocycles. The standard InChI is InChI=1S/C14H13F6N4O3S/c1-3-22(4-2)12(25)24(28)9-6-7(13(15,16)17)5-8(23(26)27)10(9)21-11(24)14(18,19)20/h5-6,28H,3-4H2,1-2H3/q+1. The lowest BCUT2D eigenvalue weighted by molar-refractivity contribution is -0.384. The summed E-state index contributed by atoms with van der Waals surface area (Å²) >= 11 is 3.76. The number of carbonyl (C=O) groups is 1. The number of thiol groups is 1. The lowest BCUT2D eigenvalue weighted by atomic mass is 10.1. The summed E-state index contributed by atoms with van der Waals surface area (Å²) in [5.41, 5.74) is -4.90. The van der Waals surface area contributed by atoms with Crippen molar-refractivity contribution in [3.8, 4) is 0 Å². The molecule has 0 aliphatic carbocycles. The van der Waals surface area contributed by atoms with Crippen LogP contribution < -0.4 is 3.89 Å². The van der Waals surface area contributed by atoms with Crippen LogP contribution in [0.4, 0.5) is 48.2 Å². The summed E-state index contributed by atoms with van der Waals surface area (Å²) in [6.45, 7) is 2.74. The third-order valence-corrected chi connectivity index (χ3v) is 4.61. The third-order valence-electron chi connectivity index (χ3n) is 4.03. The van der Waals surface area contributed by atoms with Gasteiger partial charge in [-0.25, -0.2) is 4.79 Å². The van der Waals surface area contributed by atoms with Crippen molar-refractivity contribution >= 4 is 41.7 Å². The van der Waals surface area contributed by atoms with E-state index >= 15 is 0 Å². The molecule has 1 unspecified atom stereocenters. The van der Waals surface area contributed by atoms with Crippen LogP contribution in [0.3, 0.4) is 0 Å². The molecular weight excluding hydrogens is 418 g/mol. The summed E-state index contributed by atoms with van der Waals surface area (Å²) < 4.78 is 78.1. The van der Waals surface area contributed by atoms with E-state index in [0.717, 1.165) is 4.90 Å². The molecule has 0 bridgehead atoms. The van der Waals surface area contributed by atoms with E-state index in [0.29, 0.717) is 0 Å². The zero-order valence-corrected chi connectivity index (χ0v) is 15.2. The van der Waals surface area contributed by atoms with Crippen molar-refractivity contribution in [1.82, 2.24) is 8.79 Å². The summed E-state index contributed by atoms with van der Waals surface area (Å²) in [6.07, 6.45) is -10.4. The Labute approximate surface area is 159 Å². The van der Waals surface area contributed by atoms with E-state index in [1.807, 2.05) is 0 Å². The number of halogens is 6. The maximum absolute atomic E-state index is 13.6. The van der Waals surface area contributed by atoms with Crippen molar-refractivity contribution in [3.05, 3.63) is 27.8 Å². The lowest BCUT2D eigenvalue weighted by Gasteiger charge is -2.30. The van der Waals surface area contributed by atoms with Crippen LogP contribution >= 0.6 is 12.8 Å². The smallest absolute Gasteiger partial charge is 0.291 e. The number of amides is 2. The number of alkyl halides is 6. The van der Waals surface area contributed by atoms with Gasteiger partial charge in [0, 0.05) is 25.2 Å². The average Bonchev–Trinajstić information content (AvgIpc) is 2.88. The molecule has 0 spiro atoms. The Morgan fingerprint density at radius 1 is 1.18 bits per heavy atom. The van der Waals surface area contributed by atoms with Crippen LogP contribution in [0.1, 0.15) is 19.4 Å².